The normalized spacial score (nSPS) is 18.3. The van der Waals surface area contributed by atoms with Crippen molar-refractivity contribution in [2.75, 3.05) is 0 Å². The molecule has 1 amide bonds. The van der Waals surface area contributed by atoms with Gasteiger partial charge >= 0.3 is 0 Å². The molecule has 0 saturated carbocycles. The standard InChI is InChI=1S/C10H7ClN2OS/c11-7-3-1-6(2-4-7)5-8-9(12)13-10(14)15-8/h1-5H,(H2,12,13,14)/b8-5+. The second-order valence-electron chi connectivity index (χ2n) is 2.95. The molecule has 2 N–H and O–H groups in total. The Labute approximate surface area is 96.0 Å². The second-order valence-corrected chi connectivity index (χ2v) is 4.40. The number of benzene rings is 1. The summed E-state index contributed by atoms with van der Waals surface area (Å²) in [5.41, 5.74) is 0.920. The summed E-state index contributed by atoms with van der Waals surface area (Å²) in [6.07, 6.45) is 1.78. The van der Waals surface area contributed by atoms with Crippen molar-refractivity contribution in [1.82, 2.24) is 5.32 Å². The Morgan fingerprint density at radius 3 is 2.53 bits per heavy atom. The van der Waals surface area contributed by atoms with Gasteiger partial charge in [-0.2, -0.15) is 0 Å². The first-order valence-corrected chi connectivity index (χ1v) is 5.39. The second kappa shape index (κ2) is 4.08. The van der Waals surface area contributed by atoms with Crippen LogP contribution in [0.3, 0.4) is 0 Å². The van der Waals surface area contributed by atoms with Crippen molar-refractivity contribution in [3.05, 3.63) is 39.8 Å². The van der Waals surface area contributed by atoms with Gasteiger partial charge in [0.15, 0.2) is 0 Å². The van der Waals surface area contributed by atoms with Crippen LogP contribution in [0, 0.1) is 5.41 Å². The Bertz CT molecular complexity index is 453. The van der Waals surface area contributed by atoms with Crippen LogP contribution in [0.2, 0.25) is 5.02 Å². The molecule has 1 heterocycles. The van der Waals surface area contributed by atoms with E-state index in [1.807, 2.05) is 12.1 Å². The lowest BCUT2D eigenvalue weighted by Gasteiger charge is -1.96. The van der Waals surface area contributed by atoms with E-state index in [1.54, 1.807) is 18.2 Å². The van der Waals surface area contributed by atoms with Crippen LogP contribution in [0.4, 0.5) is 4.79 Å². The predicted molar refractivity (Wildman–Crippen MR) is 63.3 cm³/mol. The number of rotatable bonds is 1. The third-order valence-electron chi connectivity index (χ3n) is 1.84. The molecule has 0 radical (unpaired) electrons. The molecule has 0 bridgehead atoms. The number of thioether (sulfide) groups is 1. The highest BCUT2D eigenvalue weighted by Crippen LogP contribution is 2.25. The van der Waals surface area contributed by atoms with Crippen molar-refractivity contribution >= 4 is 40.5 Å². The van der Waals surface area contributed by atoms with Crippen molar-refractivity contribution in [3.8, 4) is 0 Å². The summed E-state index contributed by atoms with van der Waals surface area (Å²) in [6, 6.07) is 7.22. The maximum absolute atomic E-state index is 11.0. The quantitative estimate of drug-likeness (QED) is 0.790. The minimum Gasteiger partial charge on any atom is -0.301 e. The number of carbonyl (C=O) groups is 1. The topological polar surface area (TPSA) is 53.0 Å². The van der Waals surface area contributed by atoms with Crippen LogP contribution >= 0.6 is 23.4 Å². The monoisotopic (exact) mass is 238 g/mol. The molecular weight excluding hydrogens is 232 g/mol. The summed E-state index contributed by atoms with van der Waals surface area (Å²) in [5.74, 6) is 0.153. The Kier molecular flexibility index (Phi) is 2.79. The summed E-state index contributed by atoms with van der Waals surface area (Å²) in [5, 5.41) is 10.4. The zero-order valence-corrected chi connectivity index (χ0v) is 9.15. The number of nitrogens with one attached hydrogen (secondary N) is 2. The molecule has 2 rings (SSSR count). The van der Waals surface area contributed by atoms with Gasteiger partial charge in [-0.25, -0.2) is 0 Å². The van der Waals surface area contributed by atoms with Crippen LogP contribution in [0.15, 0.2) is 29.2 Å². The van der Waals surface area contributed by atoms with E-state index in [-0.39, 0.29) is 11.1 Å². The molecule has 1 aromatic carbocycles. The van der Waals surface area contributed by atoms with Crippen LogP contribution in [0.25, 0.3) is 6.08 Å². The van der Waals surface area contributed by atoms with Gasteiger partial charge in [0.2, 0.25) is 0 Å². The number of carbonyl (C=O) groups excluding carboxylic acids is 1. The van der Waals surface area contributed by atoms with Crippen molar-refractivity contribution < 1.29 is 4.79 Å². The fourth-order valence-corrected chi connectivity index (χ4v) is 1.98. The number of amidine groups is 1. The van der Waals surface area contributed by atoms with Crippen LogP contribution in [-0.2, 0) is 0 Å². The van der Waals surface area contributed by atoms with E-state index >= 15 is 0 Å². The van der Waals surface area contributed by atoms with Gasteiger partial charge in [0.05, 0.1) is 4.91 Å². The van der Waals surface area contributed by atoms with Gasteiger partial charge in [-0.3, -0.25) is 10.2 Å². The zero-order chi connectivity index (χ0) is 10.8. The van der Waals surface area contributed by atoms with Gasteiger partial charge in [-0.1, -0.05) is 23.7 Å². The predicted octanol–water partition coefficient (Wildman–Crippen LogP) is 3.11. The van der Waals surface area contributed by atoms with Gasteiger partial charge in [0, 0.05) is 5.02 Å². The molecule has 0 atom stereocenters. The maximum Gasteiger partial charge on any atom is 0.289 e. The molecule has 76 valence electrons. The smallest absolute Gasteiger partial charge is 0.289 e. The molecule has 0 aliphatic carbocycles. The average molecular weight is 239 g/mol. The molecule has 0 unspecified atom stereocenters. The Morgan fingerprint density at radius 1 is 1.33 bits per heavy atom. The fraction of sp³-hybridized carbons (Fsp3) is 0. The van der Waals surface area contributed by atoms with Gasteiger partial charge in [0.1, 0.15) is 5.84 Å². The Balaban J connectivity index is 2.27. The molecule has 1 aromatic rings. The zero-order valence-electron chi connectivity index (χ0n) is 7.58. The SMILES string of the molecule is N=C1NC(=O)S/C1=C/c1ccc(Cl)cc1. The fourth-order valence-electron chi connectivity index (χ4n) is 1.15. The van der Waals surface area contributed by atoms with Crippen molar-refractivity contribution in [3.63, 3.8) is 0 Å². The molecule has 1 fully saturated rings. The molecule has 3 nitrogen and oxygen atoms in total. The summed E-state index contributed by atoms with van der Waals surface area (Å²) >= 11 is 6.77. The van der Waals surface area contributed by atoms with E-state index < -0.39 is 0 Å². The third-order valence-corrected chi connectivity index (χ3v) is 2.93. The molecule has 0 aromatic heterocycles. The molecule has 1 aliphatic rings. The highest BCUT2D eigenvalue weighted by Gasteiger charge is 2.21. The number of hydrogen-bond acceptors (Lipinski definition) is 3. The lowest BCUT2D eigenvalue weighted by atomic mass is 10.2. The Hall–Kier alpha value is -1.26. The van der Waals surface area contributed by atoms with E-state index in [0.29, 0.717) is 9.93 Å². The molecule has 0 spiro atoms. The van der Waals surface area contributed by atoms with Crippen LogP contribution in [-0.4, -0.2) is 11.1 Å². The highest BCUT2D eigenvalue weighted by atomic mass is 35.5. The summed E-state index contributed by atoms with van der Waals surface area (Å²) in [4.78, 5) is 11.6. The minimum absolute atomic E-state index is 0.153. The van der Waals surface area contributed by atoms with E-state index in [9.17, 15) is 4.79 Å². The first-order valence-electron chi connectivity index (χ1n) is 4.20. The summed E-state index contributed by atoms with van der Waals surface area (Å²) in [7, 11) is 0. The number of halogens is 1. The first kappa shape index (κ1) is 10.3. The van der Waals surface area contributed by atoms with Gasteiger partial charge in [-0.15, -0.1) is 0 Å². The van der Waals surface area contributed by atoms with Crippen molar-refractivity contribution in [2.45, 2.75) is 0 Å². The van der Waals surface area contributed by atoms with Crippen LogP contribution in [0.1, 0.15) is 5.56 Å². The van der Waals surface area contributed by atoms with E-state index in [4.69, 9.17) is 17.0 Å². The lowest BCUT2D eigenvalue weighted by Crippen LogP contribution is -2.17. The van der Waals surface area contributed by atoms with Gasteiger partial charge in [-0.05, 0) is 35.5 Å². The lowest BCUT2D eigenvalue weighted by molar-refractivity contribution is 0.265. The summed E-state index contributed by atoms with van der Waals surface area (Å²) < 4.78 is 0. The van der Waals surface area contributed by atoms with E-state index in [0.717, 1.165) is 17.3 Å². The van der Waals surface area contributed by atoms with Crippen LogP contribution in [0.5, 0.6) is 0 Å². The van der Waals surface area contributed by atoms with E-state index in [2.05, 4.69) is 5.32 Å². The molecule has 1 aliphatic heterocycles. The maximum atomic E-state index is 11.0. The largest absolute Gasteiger partial charge is 0.301 e. The first-order chi connectivity index (χ1) is 7.15. The van der Waals surface area contributed by atoms with Gasteiger partial charge < -0.3 is 5.32 Å². The average Bonchev–Trinajstić information content (AvgIpc) is 2.49. The number of amides is 1. The third kappa shape index (κ3) is 2.40. The molecular formula is C10H7ClN2OS. The summed E-state index contributed by atoms with van der Waals surface area (Å²) in [6.45, 7) is 0. The van der Waals surface area contributed by atoms with Gasteiger partial charge in [0.25, 0.3) is 5.24 Å². The van der Waals surface area contributed by atoms with Crippen LogP contribution < -0.4 is 5.32 Å². The molecule has 1 saturated heterocycles. The minimum atomic E-state index is -0.208. The molecule has 5 heteroatoms. The molecule has 15 heavy (non-hydrogen) atoms. The Morgan fingerprint density at radius 2 is 2.00 bits per heavy atom. The number of hydrogen-bond donors (Lipinski definition) is 2. The highest BCUT2D eigenvalue weighted by molar-refractivity contribution is 8.18. The van der Waals surface area contributed by atoms with Crippen molar-refractivity contribution in [1.29, 1.82) is 5.41 Å². The van der Waals surface area contributed by atoms with E-state index in [1.165, 1.54) is 0 Å². The van der Waals surface area contributed by atoms with Crippen molar-refractivity contribution in [2.24, 2.45) is 0 Å².